The van der Waals surface area contributed by atoms with E-state index in [1.165, 1.54) is 10.7 Å². The summed E-state index contributed by atoms with van der Waals surface area (Å²) in [4.78, 5) is 10.4. The van der Waals surface area contributed by atoms with Gasteiger partial charge >= 0.3 is 5.97 Å². The van der Waals surface area contributed by atoms with E-state index >= 15 is 0 Å². The van der Waals surface area contributed by atoms with Gasteiger partial charge in [0, 0.05) is 5.69 Å². The van der Waals surface area contributed by atoms with Gasteiger partial charge in [0.1, 0.15) is 6.54 Å². The molecule has 0 saturated heterocycles. The number of aromatic nitrogens is 2. The Morgan fingerprint density at radius 2 is 2.58 bits per heavy atom. The van der Waals surface area contributed by atoms with Gasteiger partial charge in [0.05, 0.1) is 0 Å². The maximum Gasteiger partial charge on any atom is 0.356 e. The Bertz CT molecular complexity index is 346. The Labute approximate surface area is 69.8 Å². The SMILES string of the molecule is C#CCn1nc(C(=O)O)cc1C. The van der Waals surface area contributed by atoms with Crippen LogP contribution in [0, 0.1) is 19.3 Å². The fourth-order valence-corrected chi connectivity index (χ4v) is 0.861. The van der Waals surface area contributed by atoms with E-state index in [0.29, 0.717) is 6.54 Å². The average Bonchev–Trinajstić information content (AvgIpc) is 2.34. The number of hydrogen-bond donors (Lipinski definition) is 1. The summed E-state index contributed by atoms with van der Waals surface area (Å²) in [6, 6.07) is 1.49. The molecule has 0 saturated carbocycles. The third-order valence-corrected chi connectivity index (χ3v) is 1.44. The fourth-order valence-electron chi connectivity index (χ4n) is 0.861. The topological polar surface area (TPSA) is 55.1 Å². The molecule has 12 heavy (non-hydrogen) atoms. The quantitative estimate of drug-likeness (QED) is 0.648. The molecular weight excluding hydrogens is 156 g/mol. The number of carbonyl (C=O) groups is 1. The molecule has 0 bridgehead atoms. The molecular formula is C8H8N2O2. The summed E-state index contributed by atoms with van der Waals surface area (Å²) in [5.74, 6) is 1.35. The Hall–Kier alpha value is -1.76. The van der Waals surface area contributed by atoms with Crippen LogP contribution >= 0.6 is 0 Å². The number of carboxylic acids is 1. The third-order valence-electron chi connectivity index (χ3n) is 1.44. The first-order chi connectivity index (χ1) is 5.65. The zero-order valence-electron chi connectivity index (χ0n) is 6.61. The second kappa shape index (κ2) is 3.09. The highest BCUT2D eigenvalue weighted by molar-refractivity contribution is 5.85. The van der Waals surface area contributed by atoms with Gasteiger partial charge in [-0.2, -0.15) is 5.10 Å². The lowest BCUT2D eigenvalue weighted by molar-refractivity contribution is 0.0689. The first-order valence-electron chi connectivity index (χ1n) is 3.36. The molecule has 1 aromatic heterocycles. The van der Waals surface area contributed by atoms with E-state index in [-0.39, 0.29) is 5.69 Å². The molecule has 0 atom stereocenters. The molecule has 0 aromatic carbocycles. The summed E-state index contributed by atoms with van der Waals surface area (Å²) >= 11 is 0. The van der Waals surface area contributed by atoms with Gasteiger partial charge in [-0.3, -0.25) is 4.68 Å². The average molecular weight is 164 g/mol. The van der Waals surface area contributed by atoms with Crippen molar-refractivity contribution < 1.29 is 9.90 Å². The molecule has 1 heterocycles. The molecule has 1 N–H and O–H groups in total. The molecule has 1 rings (SSSR count). The van der Waals surface area contributed by atoms with Crippen LogP contribution in [0.2, 0.25) is 0 Å². The standard InChI is InChI=1S/C8H8N2O2/c1-3-4-10-6(2)5-7(9-10)8(11)12/h1,5H,4H2,2H3,(H,11,12). The molecule has 4 heteroatoms. The van der Waals surface area contributed by atoms with E-state index in [2.05, 4.69) is 11.0 Å². The normalized spacial score (nSPS) is 9.33. The van der Waals surface area contributed by atoms with Crippen LogP contribution in [0.25, 0.3) is 0 Å². The minimum atomic E-state index is -1.03. The van der Waals surface area contributed by atoms with Crippen LogP contribution in [0.1, 0.15) is 16.2 Å². The van der Waals surface area contributed by atoms with Crippen molar-refractivity contribution in [3.63, 3.8) is 0 Å². The molecule has 4 nitrogen and oxygen atoms in total. The van der Waals surface area contributed by atoms with E-state index in [1.807, 2.05) is 0 Å². The molecule has 0 unspecified atom stereocenters. The Kier molecular flexibility index (Phi) is 2.15. The van der Waals surface area contributed by atoms with Gasteiger partial charge in [0.15, 0.2) is 5.69 Å². The van der Waals surface area contributed by atoms with Crippen LogP contribution in [0.5, 0.6) is 0 Å². The summed E-state index contributed by atoms with van der Waals surface area (Å²) in [6.07, 6.45) is 5.06. The number of terminal acetylenes is 1. The van der Waals surface area contributed by atoms with Crippen molar-refractivity contribution in [2.75, 3.05) is 0 Å². The number of rotatable bonds is 2. The molecule has 0 fully saturated rings. The van der Waals surface area contributed by atoms with Crippen molar-refractivity contribution in [1.82, 2.24) is 9.78 Å². The maximum atomic E-state index is 10.4. The molecule has 0 aliphatic heterocycles. The second-order valence-corrected chi connectivity index (χ2v) is 2.34. The number of hydrogen-bond acceptors (Lipinski definition) is 2. The van der Waals surface area contributed by atoms with E-state index in [0.717, 1.165) is 5.69 Å². The van der Waals surface area contributed by atoms with Crippen LogP contribution < -0.4 is 0 Å². The zero-order chi connectivity index (χ0) is 9.14. The highest BCUT2D eigenvalue weighted by Gasteiger charge is 2.08. The largest absolute Gasteiger partial charge is 0.476 e. The first-order valence-corrected chi connectivity index (χ1v) is 3.36. The van der Waals surface area contributed by atoms with E-state index in [4.69, 9.17) is 11.5 Å². The smallest absolute Gasteiger partial charge is 0.356 e. The van der Waals surface area contributed by atoms with Gasteiger partial charge in [-0.05, 0) is 13.0 Å². The van der Waals surface area contributed by atoms with Crippen LogP contribution in [0.15, 0.2) is 6.07 Å². The van der Waals surface area contributed by atoms with E-state index in [9.17, 15) is 4.79 Å². The monoisotopic (exact) mass is 164 g/mol. The van der Waals surface area contributed by atoms with Gasteiger partial charge in [-0.1, -0.05) is 5.92 Å². The fraction of sp³-hybridized carbons (Fsp3) is 0.250. The number of aryl methyl sites for hydroxylation is 1. The van der Waals surface area contributed by atoms with Crippen molar-refractivity contribution in [1.29, 1.82) is 0 Å². The molecule has 62 valence electrons. The first kappa shape index (κ1) is 8.34. The van der Waals surface area contributed by atoms with Gasteiger partial charge in [-0.25, -0.2) is 4.79 Å². The Balaban J connectivity index is 3.02. The van der Waals surface area contributed by atoms with Crippen LogP contribution in [-0.2, 0) is 6.54 Å². The molecule has 1 aromatic rings. The van der Waals surface area contributed by atoms with Crippen LogP contribution in [0.4, 0.5) is 0 Å². The minimum absolute atomic E-state index is 0.0303. The van der Waals surface area contributed by atoms with Crippen molar-refractivity contribution in [2.24, 2.45) is 0 Å². The highest BCUT2D eigenvalue weighted by Crippen LogP contribution is 2.02. The molecule has 0 aliphatic carbocycles. The van der Waals surface area contributed by atoms with Gasteiger partial charge in [-0.15, -0.1) is 6.42 Å². The molecule has 0 spiro atoms. The Morgan fingerprint density at radius 1 is 1.92 bits per heavy atom. The van der Waals surface area contributed by atoms with Crippen LogP contribution in [0.3, 0.4) is 0 Å². The van der Waals surface area contributed by atoms with Crippen molar-refractivity contribution >= 4 is 5.97 Å². The molecule has 0 amide bonds. The van der Waals surface area contributed by atoms with Crippen molar-refractivity contribution in [3.05, 3.63) is 17.5 Å². The lowest BCUT2D eigenvalue weighted by atomic mass is 10.4. The molecule has 0 aliphatic rings. The number of nitrogens with zero attached hydrogens (tertiary/aromatic N) is 2. The highest BCUT2D eigenvalue weighted by atomic mass is 16.4. The molecule has 0 radical (unpaired) electrons. The zero-order valence-corrected chi connectivity index (χ0v) is 6.61. The second-order valence-electron chi connectivity index (χ2n) is 2.34. The number of carboxylic acid groups (broad SMARTS) is 1. The Morgan fingerprint density at radius 3 is 3.00 bits per heavy atom. The minimum Gasteiger partial charge on any atom is -0.476 e. The lowest BCUT2D eigenvalue weighted by Gasteiger charge is -1.94. The van der Waals surface area contributed by atoms with E-state index < -0.39 is 5.97 Å². The summed E-state index contributed by atoms with van der Waals surface area (Å²) in [7, 11) is 0. The van der Waals surface area contributed by atoms with E-state index in [1.54, 1.807) is 6.92 Å². The third kappa shape index (κ3) is 1.45. The lowest BCUT2D eigenvalue weighted by Crippen LogP contribution is -2.03. The maximum absolute atomic E-state index is 10.4. The van der Waals surface area contributed by atoms with Gasteiger partial charge in [0.2, 0.25) is 0 Å². The summed E-state index contributed by atoms with van der Waals surface area (Å²) in [5.41, 5.74) is 0.785. The predicted molar refractivity (Wildman–Crippen MR) is 42.8 cm³/mol. The van der Waals surface area contributed by atoms with Gasteiger partial charge in [0.25, 0.3) is 0 Å². The van der Waals surface area contributed by atoms with Crippen molar-refractivity contribution in [3.8, 4) is 12.3 Å². The summed E-state index contributed by atoms with van der Waals surface area (Å²) in [6.45, 7) is 2.07. The van der Waals surface area contributed by atoms with Crippen molar-refractivity contribution in [2.45, 2.75) is 13.5 Å². The summed E-state index contributed by atoms with van der Waals surface area (Å²) < 4.78 is 1.48. The van der Waals surface area contributed by atoms with Crippen LogP contribution in [-0.4, -0.2) is 20.9 Å². The summed E-state index contributed by atoms with van der Waals surface area (Å²) in [5, 5.41) is 12.3. The van der Waals surface area contributed by atoms with Gasteiger partial charge < -0.3 is 5.11 Å². The number of aromatic carboxylic acids is 1. The predicted octanol–water partition coefficient (Wildman–Crippen LogP) is 0.523.